The van der Waals surface area contributed by atoms with Gasteiger partial charge in [0.15, 0.2) is 10.8 Å². The Labute approximate surface area is 151 Å². The predicted octanol–water partition coefficient (Wildman–Crippen LogP) is 1.71. The molecule has 11 heteroatoms. The van der Waals surface area contributed by atoms with Crippen LogP contribution >= 0.6 is 11.3 Å². The molecule has 4 N–H and O–H groups in total. The number of anilines is 1. The van der Waals surface area contributed by atoms with Crippen LogP contribution in [0.15, 0.2) is 30.5 Å². The lowest BCUT2D eigenvalue weighted by atomic mass is 10.2. The van der Waals surface area contributed by atoms with Crippen LogP contribution in [0.25, 0.3) is 10.8 Å². The van der Waals surface area contributed by atoms with E-state index in [1.165, 1.54) is 11.3 Å². The Morgan fingerprint density at radius 1 is 1.35 bits per heavy atom. The van der Waals surface area contributed by atoms with Gasteiger partial charge in [0, 0.05) is 22.1 Å². The second kappa shape index (κ2) is 8.12. The molecule has 3 rings (SSSR count). The molecule has 0 aliphatic heterocycles. The second-order valence-corrected chi connectivity index (χ2v) is 6.31. The highest BCUT2D eigenvalue weighted by atomic mass is 32.1. The van der Waals surface area contributed by atoms with E-state index in [0.717, 1.165) is 15.6 Å². The van der Waals surface area contributed by atoms with Gasteiger partial charge in [-0.05, 0) is 6.92 Å². The lowest BCUT2D eigenvalue weighted by Gasteiger charge is -2.08. The normalized spacial score (nSPS) is 11.1. The van der Waals surface area contributed by atoms with Gasteiger partial charge in [-0.25, -0.2) is 4.98 Å². The van der Waals surface area contributed by atoms with Crippen molar-refractivity contribution in [2.24, 2.45) is 0 Å². The van der Waals surface area contributed by atoms with Gasteiger partial charge in [-0.15, -0.1) is 16.4 Å². The van der Waals surface area contributed by atoms with E-state index in [9.17, 15) is 4.79 Å². The van der Waals surface area contributed by atoms with Crippen LogP contribution < -0.4 is 10.9 Å². The van der Waals surface area contributed by atoms with Crippen LogP contribution in [0.5, 0.6) is 0 Å². The molecule has 0 aliphatic carbocycles. The van der Waals surface area contributed by atoms with Gasteiger partial charge in [0.2, 0.25) is 0 Å². The second-order valence-electron chi connectivity index (χ2n) is 5.22. The zero-order valence-corrected chi connectivity index (χ0v) is 14.5. The highest BCUT2D eigenvalue weighted by Gasteiger charge is 2.15. The molecule has 0 unspecified atom stereocenters. The Hall–Kier alpha value is -2.70. The molecule has 3 aromatic rings. The minimum atomic E-state index is -0.411. The van der Waals surface area contributed by atoms with Crippen LogP contribution in [0.1, 0.15) is 20.4 Å². The Kier molecular flexibility index (Phi) is 5.65. The largest absolute Gasteiger partial charge is 0.298 e. The fourth-order valence-corrected chi connectivity index (χ4v) is 3.21. The van der Waals surface area contributed by atoms with Crippen LogP contribution in [0.3, 0.4) is 0 Å². The molecule has 136 valence electrons. The molecule has 10 nitrogen and oxygen atoms in total. The number of hydrogen-bond acceptors (Lipinski definition) is 10. The maximum absolute atomic E-state index is 12.3. The third-order valence-corrected chi connectivity index (χ3v) is 4.70. The number of nitrogens with zero attached hydrogens (tertiary/aromatic N) is 4. The fraction of sp³-hybridized carbons (Fsp3) is 0.200. The summed E-state index contributed by atoms with van der Waals surface area (Å²) in [5, 5.41) is 26.6. The summed E-state index contributed by atoms with van der Waals surface area (Å²) in [6, 6.07) is 7.53. The summed E-state index contributed by atoms with van der Waals surface area (Å²) in [5.41, 5.74) is 6.01. The van der Waals surface area contributed by atoms with Gasteiger partial charge in [0.25, 0.3) is 5.91 Å². The third-order valence-electron chi connectivity index (χ3n) is 3.49. The van der Waals surface area contributed by atoms with Crippen LogP contribution in [-0.2, 0) is 11.3 Å². The van der Waals surface area contributed by atoms with E-state index in [2.05, 4.69) is 30.9 Å². The van der Waals surface area contributed by atoms with Crippen LogP contribution in [-0.4, -0.2) is 43.5 Å². The highest BCUT2D eigenvalue weighted by Crippen LogP contribution is 2.20. The van der Waals surface area contributed by atoms with Crippen molar-refractivity contribution < 1.29 is 20.0 Å². The molecular formula is C15H16N6O4S. The first kappa shape index (κ1) is 18.1. The summed E-state index contributed by atoms with van der Waals surface area (Å²) in [6.45, 7) is 1.81. The monoisotopic (exact) mass is 376 g/mol. The average molecular weight is 376 g/mol. The van der Waals surface area contributed by atoms with E-state index < -0.39 is 5.91 Å². The summed E-state index contributed by atoms with van der Waals surface area (Å²) in [7, 11) is 0. The van der Waals surface area contributed by atoms with E-state index in [1.807, 2.05) is 24.3 Å². The van der Waals surface area contributed by atoms with Gasteiger partial charge in [-0.3, -0.25) is 30.9 Å². The van der Waals surface area contributed by atoms with Gasteiger partial charge in [-0.2, -0.15) is 5.10 Å². The van der Waals surface area contributed by atoms with E-state index in [1.54, 1.807) is 13.1 Å². The number of fused-ring (bicyclic) bond motifs is 1. The number of carbonyl (C=O) groups is 1. The van der Waals surface area contributed by atoms with Gasteiger partial charge in [0.1, 0.15) is 0 Å². The topological polar surface area (TPSA) is 133 Å². The number of aromatic nitrogens is 3. The van der Waals surface area contributed by atoms with Crippen molar-refractivity contribution in [2.45, 2.75) is 13.3 Å². The van der Waals surface area contributed by atoms with Crippen molar-refractivity contribution in [1.82, 2.24) is 26.0 Å². The van der Waals surface area contributed by atoms with Crippen molar-refractivity contribution in [3.63, 3.8) is 0 Å². The maximum atomic E-state index is 12.3. The van der Waals surface area contributed by atoms with E-state index in [-0.39, 0.29) is 17.0 Å². The summed E-state index contributed by atoms with van der Waals surface area (Å²) in [6.07, 6.45) is 2.03. The predicted molar refractivity (Wildman–Crippen MR) is 92.5 cm³/mol. The van der Waals surface area contributed by atoms with Crippen molar-refractivity contribution in [3.8, 4) is 0 Å². The summed E-state index contributed by atoms with van der Waals surface area (Å²) < 4.78 is 0. The lowest BCUT2D eigenvalue weighted by molar-refractivity contribution is -0.492. The van der Waals surface area contributed by atoms with Gasteiger partial charge in [0.05, 0.1) is 23.9 Å². The molecule has 0 spiro atoms. The first-order valence-electron chi connectivity index (χ1n) is 7.58. The molecular weight excluding hydrogens is 360 g/mol. The zero-order chi connectivity index (χ0) is 18.5. The smallest absolute Gasteiger partial charge is 0.280 e. The Bertz CT molecular complexity index is 911. The average Bonchev–Trinajstić information content (AvgIpc) is 3.00. The number of thiazole rings is 1. The molecule has 2 aromatic heterocycles. The quantitative estimate of drug-likeness (QED) is 0.455. The summed E-state index contributed by atoms with van der Waals surface area (Å²) in [5.74, 6) is 0.0234. The molecule has 0 radical (unpaired) electrons. The van der Waals surface area contributed by atoms with Gasteiger partial charge < -0.3 is 0 Å². The number of hydrazine groups is 1. The standard InChI is InChI=1S/C15H16N6O4S/c1-9-12(6-7-25-21(23)24)26-15(17-9)14(22)20-19-13-11-5-3-2-4-10(11)8-16-18-13/h2-5,8,23-24H,6-7H2,1H3,(H,18,19)(H,20,22). The lowest BCUT2D eigenvalue weighted by Crippen LogP contribution is -2.30. The molecule has 0 aliphatic rings. The van der Waals surface area contributed by atoms with Crippen molar-refractivity contribution >= 4 is 33.8 Å². The van der Waals surface area contributed by atoms with Crippen molar-refractivity contribution in [1.29, 1.82) is 0 Å². The number of aryl methyl sites for hydroxylation is 1. The van der Waals surface area contributed by atoms with Crippen molar-refractivity contribution in [3.05, 3.63) is 46.0 Å². The molecule has 2 heterocycles. The van der Waals surface area contributed by atoms with Crippen LogP contribution in [0.2, 0.25) is 0 Å². The Morgan fingerprint density at radius 2 is 2.15 bits per heavy atom. The highest BCUT2D eigenvalue weighted by molar-refractivity contribution is 7.13. The molecule has 26 heavy (non-hydrogen) atoms. The number of amides is 1. The maximum Gasteiger partial charge on any atom is 0.298 e. The number of nitrogens with one attached hydrogen (secondary N) is 2. The fourth-order valence-electron chi connectivity index (χ4n) is 2.27. The molecule has 0 saturated heterocycles. The summed E-state index contributed by atoms with van der Waals surface area (Å²) in [4.78, 5) is 21.8. The zero-order valence-electron chi connectivity index (χ0n) is 13.7. The van der Waals surface area contributed by atoms with Gasteiger partial charge in [-0.1, -0.05) is 24.3 Å². The first-order valence-corrected chi connectivity index (χ1v) is 8.40. The molecule has 1 amide bonds. The van der Waals surface area contributed by atoms with Crippen LogP contribution in [0, 0.1) is 6.92 Å². The molecule has 0 bridgehead atoms. The minimum Gasteiger partial charge on any atom is -0.280 e. The molecule has 0 fully saturated rings. The molecule has 0 saturated carbocycles. The number of rotatable bonds is 7. The van der Waals surface area contributed by atoms with Crippen LogP contribution in [0.4, 0.5) is 5.82 Å². The Morgan fingerprint density at radius 3 is 2.96 bits per heavy atom. The number of benzene rings is 1. The minimum absolute atomic E-state index is 0.0426. The van der Waals surface area contributed by atoms with Gasteiger partial charge >= 0.3 is 0 Å². The number of carbonyl (C=O) groups excluding carboxylic acids is 1. The molecule has 0 atom stereocenters. The first-order chi connectivity index (χ1) is 12.5. The van der Waals surface area contributed by atoms with Crippen molar-refractivity contribution in [2.75, 3.05) is 12.0 Å². The SMILES string of the molecule is Cc1nc(C(=O)NNc2nncc3ccccc23)sc1CCON(O)O. The third kappa shape index (κ3) is 4.28. The molecule has 1 aromatic carbocycles. The summed E-state index contributed by atoms with van der Waals surface area (Å²) >= 11 is 1.20. The Balaban J connectivity index is 1.65. The van der Waals surface area contributed by atoms with E-state index in [4.69, 9.17) is 10.4 Å². The number of hydrogen-bond donors (Lipinski definition) is 4. The van der Waals surface area contributed by atoms with E-state index in [0.29, 0.717) is 17.9 Å². The van der Waals surface area contributed by atoms with E-state index >= 15 is 0 Å².